The van der Waals surface area contributed by atoms with Crippen molar-refractivity contribution in [2.24, 2.45) is 29.4 Å². The summed E-state index contributed by atoms with van der Waals surface area (Å²) < 4.78 is 11.8. The summed E-state index contributed by atoms with van der Waals surface area (Å²) in [4.78, 5) is 0. The Labute approximate surface area is 162 Å². The van der Waals surface area contributed by atoms with Gasteiger partial charge in [-0.1, -0.05) is 71.1 Å². The maximum absolute atomic E-state index is 5.92. The van der Waals surface area contributed by atoms with Crippen molar-refractivity contribution in [1.82, 2.24) is 0 Å². The van der Waals surface area contributed by atoms with Gasteiger partial charge in [0.05, 0.1) is 0 Å². The Kier molecular flexibility index (Phi) is 11.2. The molecule has 0 saturated heterocycles. The smallest absolute Gasteiger partial charge is 0.154 e. The molecule has 0 aliphatic heterocycles. The lowest BCUT2D eigenvalue weighted by molar-refractivity contribution is -0.135. The summed E-state index contributed by atoms with van der Waals surface area (Å²) in [6, 6.07) is 0. The Balaban J connectivity index is 1.44. The standard InChI is InChI=1S/C23H45NO2/c1-3-4-20-5-9-22(10-6-20)14-17-25-19(2)26-18-15-23-11-7-21(8-12-23)13-16-24/h19-23H,3-18,24H2,1-2H3. The van der Waals surface area contributed by atoms with E-state index in [0.717, 1.165) is 43.4 Å². The summed E-state index contributed by atoms with van der Waals surface area (Å²) in [6.45, 7) is 6.96. The van der Waals surface area contributed by atoms with E-state index in [1.807, 2.05) is 0 Å². The summed E-state index contributed by atoms with van der Waals surface area (Å²) in [5.41, 5.74) is 5.68. The van der Waals surface area contributed by atoms with Gasteiger partial charge in [0.15, 0.2) is 6.29 Å². The van der Waals surface area contributed by atoms with Gasteiger partial charge >= 0.3 is 0 Å². The number of nitrogens with two attached hydrogens (primary N) is 1. The molecular weight excluding hydrogens is 322 g/mol. The van der Waals surface area contributed by atoms with E-state index in [2.05, 4.69) is 13.8 Å². The van der Waals surface area contributed by atoms with Crippen LogP contribution < -0.4 is 5.73 Å². The van der Waals surface area contributed by atoms with Crippen LogP contribution in [0.4, 0.5) is 0 Å². The van der Waals surface area contributed by atoms with Gasteiger partial charge in [0.25, 0.3) is 0 Å². The fourth-order valence-corrected chi connectivity index (χ4v) is 5.11. The highest BCUT2D eigenvalue weighted by Crippen LogP contribution is 2.33. The lowest BCUT2D eigenvalue weighted by Gasteiger charge is -2.29. The second-order valence-electron chi connectivity index (χ2n) is 9.03. The van der Waals surface area contributed by atoms with E-state index < -0.39 is 0 Å². The molecule has 0 aromatic heterocycles. The Hall–Kier alpha value is -0.120. The zero-order chi connectivity index (χ0) is 18.6. The molecule has 0 heterocycles. The molecule has 0 amide bonds. The van der Waals surface area contributed by atoms with Crippen LogP contribution in [-0.4, -0.2) is 26.0 Å². The van der Waals surface area contributed by atoms with Gasteiger partial charge in [0, 0.05) is 13.2 Å². The van der Waals surface area contributed by atoms with Crippen LogP contribution in [-0.2, 0) is 9.47 Å². The quantitative estimate of drug-likeness (QED) is 0.436. The molecule has 3 heteroatoms. The lowest BCUT2D eigenvalue weighted by atomic mass is 9.79. The van der Waals surface area contributed by atoms with Crippen molar-refractivity contribution in [3.63, 3.8) is 0 Å². The van der Waals surface area contributed by atoms with Crippen LogP contribution in [0, 0.1) is 23.7 Å². The molecule has 2 aliphatic rings. The summed E-state index contributed by atoms with van der Waals surface area (Å²) >= 11 is 0. The third kappa shape index (κ3) is 8.71. The highest BCUT2D eigenvalue weighted by atomic mass is 16.7. The van der Waals surface area contributed by atoms with E-state index in [-0.39, 0.29) is 6.29 Å². The fourth-order valence-electron chi connectivity index (χ4n) is 5.11. The molecule has 26 heavy (non-hydrogen) atoms. The lowest BCUT2D eigenvalue weighted by Crippen LogP contribution is -2.21. The van der Waals surface area contributed by atoms with Gasteiger partial charge in [-0.15, -0.1) is 0 Å². The summed E-state index contributed by atoms with van der Waals surface area (Å²) in [5, 5.41) is 0. The SMILES string of the molecule is CCCC1CCC(CCOC(C)OCCC2CCC(CCN)CC2)CC1. The first-order valence-corrected chi connectivity index (χ1v) is 11.6. The minimum absolute atomic E-state index is 0.0417. The van der Waals surface area contributed by atoms with Crippen molar-refractivity contribution in [2.75, 3.05) is 19.8 Å². The second kappa shape index (κ2) is 13.1. The highest BCUT2D eigenvalue weighted by Gasteiger charge is 2.22. The van der Waals surface area contributed by atoms with Crippen LogP contribution >= 0.6 is 0 Å². The van der Waals surface area contributed by atoms with Gasteiger partial charge in [0.1, 0.15) is 0 Å². The predicted molar refractivity (Wildman–Crippen MR) is 110 cm³/mol. The molecule has 2 rings (SSSR count). The third-order valence-electron chi connectivity index (χ3n) is 6.96. The molecule has 2 N–H and O–H groups in total. The number of hydrogen-bond donors (Lipinski definition) is 1. The van der Waals surface area contributed by atoms with Gasteiger partial charge in [-0.3, -0.25) is 0 Å². The second-order valence-corrected chi connectivity index (χ2v) is 9.03. The number of ether oxygens (including phenoxy) is 2. The van der Waals surface area contributed by atoms with E-state index >= 15 is 0 Å². The maximum Gasteiger partial charge on any atom is 0.154 e. The van der Waals surface area contributed by atoms with Gasteiger partial charge in [0.2, 0.25) is 0 Å². The first-order valence-electron chi connectivity index (χ1n) is 11.6. The Morgan fingerprint density at radius 1 is 0.692 bits per heavy atom. The predicted octanol–water partition coefficient (Wildman–Crippen LogP) is 5.91. The normalized spacial score (nSPS) is 31.0. The number of hydrogen-bond acceptors (Lipinski definition) is 3. The Morgan fingerprint density at radius 2 is 1.08 bits per heavy atom. The fraction of sp³-hybridized carbons (Fsp3) is 1.00. The van der Waals surface area contributed by atoms with Crippen molar-refractivity contribution in [2.45, 2.75) is 104 Å². The first kappa shape index (κ1) is 22.2. The molecule has 2 aliphatic carbocycles. The topological polar surface area (TPSA) is 44.5 Å². The molecule has 0 bridgehead atoms. The molecule has 1 unspecified atom stereocenters. The maximum atomic E-state index is 5.92. The van der Waals surface area contributed by atoms with Gasteiger partial charge in [-0.25, -0.2) is 0 Å². The van der Waals surface area contributed by atoms with E-state index in [4.69, 9.17) is 15.2 Å². The first-order chi connectivity index (χ1) is 12.7. The molecule has 0 radical (unpaired) electrons. The molecule has 0 spiro atoms. The number of rotatable bonds is 12. The summed E-state index contributed by atoms with van der Waals surface area (Å²) in [5.74, 6) is 3.63. The van der Waals surface area contributed by atoms with Crippen molar-refractivity contribution < 1.29 is 9.47 Å². The van der Waals surface area contributed by atoms with Crippen LogP contribution in [0.1, 0.15) is 97.3 Å². The van der Waals surface area contributed by atoms with Crippen LogP contribution in [0.5, 0.6) is 0 Å². The van der Waals surface area contributed by atoms with E-state index in [9.17, 15) is 0 Å². The molecule has 0 aromatic rings. The van der Waals surface area contributed by atoms with Crippen molar-refractivity contribution in [3.05, 3.63) is 0 Å². The molecule has 2 fully saturated rings. The van der Waals surface area contributed by atoms with Gasteiger partial charge in [-0.2, -0.15) is 0 Å². The van der Waals surface area contributed by atoms with Gasteiger partial charge in [-0.05, 0) is 56.4 Å². The molecule has 2 saturated carbocycles. The van der Waals surface area contributed by atoms with Crippen LogP contribution in [0.2, 0.25) is 0 Å². The van der Waals surface area contributed by atoms with E-state index in [1.54, 1.807) is 0 Å². The largest absolute Gasteiger partial charge is 0.353 e. The molecule has 154 valence electrons. The Bertz CT molecular complexity index is 301. The average Bonchev–Trinajstić information content (AvgIpc) is 2.65. The van der Waals surface area contributed by atoms with Crippen molar-refractivity contribution in [3.8, 4) is 0 Å². The molecule has 1 atom stereocenters. The Morgan fingerprint density at radius 3 is 1.46 bits per heavy atom. The summed E-state index contributed by atoms with van der Waals surface area (Å²) in [7, 11) is 0. The van der Waals surface area contributed by atoms with Crippen LogP contribution in [0.25, 0.3) is 0 Å². The van der Waals surface area contributed by atoms with Gasteiger partial charge < -0.3 is 15.2 Å². The monoisotopic (exact) mass is 367 g/mol. The van der Waals surface area contributed by atoms with E-state index in [1.165, 1.54) is 83.5 Å². The molecular formula is C23H45NO2. The minimum atomic E-state index is -0.0417. The zero-order valence-corrected chi connectivity index (χ0v) is 17.6. The van der Waals surface area contributed by atoms with Crippen LogP contribution in [0.15, 0.2) is 0 Å². The molecule has 3 nitrogen and oxygen atoms in total. The van der Waals surface area contributed by atoms with E-state index in [0.29, 0.717) is 0 Å². The van der Waals surface area contributed by atoms with Crippen molar-refractivity contribution in [1.29, 1.82) is 0 Å². The van der Waals surface area contributed by atoms with Crippen molar-refractivity contribution >= 4 is 0 Å². The van der Waals surface area contributed by atoms with Crippen LogP contribution in [0.3, 0.4) is 0 Å². The molecule has 0 aromatic carbocycles. The zero-order valence-electron chi connectivity index (χ0n) is 17.6. The summed E-state index contributed by atoms with van der Waals surface area (Å²) in [6.07, 6.45) is 17.6. The third-order valence-corrected chi connectivity index (χ3v) is 6.96. The minimum Gasteiger partial charge on any atom is -0.353 e. The highest BCUT2D eigenvalue weighted by molar-refractivity contribution is 4.73. The average molecular weight is 368 g/mol.